The number of aromatic amines is 1. The Morgan fingerprint density at radius 1 is 1.04 bits per heavy atom. The molecule has 3 rings (SSSR count). The van der Waals surface area contributed by atoms with Crippen molar-refractivity contribution in [2.75, 3.05) is 13.2 Å². The van der Waals surface area contributed by atoms with Crippen LogP contribution < -0.4 is 10.5 Å². The summed E-state index contributed by atoms with van der Waals surface area (Å²) >= 11 is 6.35. The molecule has 0 aliphatic heterocycles. The summed E-state index contributed by atoms with van der Waals surface area (Å²) in [5.41, 5.74) is 11.6. The van der Waals surface area contributed by atoms with Crippen LogP contribution in [-0.2, 0) is 6.42 Å². The first-order valence-electron chi connectivity index (χ1n) is 9.88. The number of fused-ring (bicyclic) bond motifs is 1. The smallest absolute Gasteiger partial charge is 0.119 e. The molecule has 3 aromatic rings. The molecule has 3 N–H and O–H groups in total. The predicted octanol–water partition coefficient (Wildman–Crippen LogP) is 6.26. The summed E-state index contributed by atoms with van der Waals surface area (Å²) in [7, 11) is 0. The minimum absolute atomic E-state index is 0.729. The zero-order valence-corrected chi connectivity index (χ0v) is 17.0. The number of rotatable bonds is 9. The molecule has 1 heterocycles. The zero-order valence-electron chi connectivity index (χ0n) is 16.3. The van der Waals surface area contributed by atoms with Crippen LogP contribution in [0.5, 0.6) is 5.75 Å². The summed E-state index contributed by atoms with van der Waals surface area (Å²) in [4.78, 5) is 3.63. The van der Waals surface area contributed by atoms with Gasteiger partial charge in [0.05, 0.1) is 12.1 Å². The number of benzene rings is 2. The van der Waals surface area contributed by atoms with Gasteiger partial charge in [0.1, 0.15) is 5.75 Å². The Morgan fingerprint density at radius 3 is 2.52 bits per heavy atom. The molecular weight excluding hydrogens is 356 g/mol. The predicted molar refractivity (Wildman–Crippen MR) is 116 cm³/mol. The normalized spacial score (nSPS) is 11.3. The molecule has 0 bridgehead atoms. The van der Waals surface area contributed by atoms with Gasteiger partial charge in [0, 0.05) is 16.1 Å². The lowest BCUT2D eigenvalue weighted by atomic mass is 9.99. The summed E-state index contributed by atoms with van der Waals surface area (Å²) in [6.45, 7) is 5.73. The van der Waals surface area contributed by atoms with E-state index in [2.05, 4.69) is 49.2 Å². The van der Waals surface area contributed by atoms with Crippen LogP contribution in [0.1, 0.15) is 43.7 Å². The van der Waals surface area contributed by atoms with Crippen molar-refractivity contribution < 1.29 is 4.74 Å². The van der Waals surface area contributed by atoms with Crippen molar-refractivity contribution in [1.29, 1.82) is 0 Å². The van der Waals surface area contributed by atoms with Gasteiger partial charge in [-0.1, -0.05) is 31.0 Å². The van der Waals surface area contributed by atoms with E-state index < -0.39 is 0 Å². The SMILES string of the molecule is CCCCOc1ccc(-c2[nH]c3c(C)c(Cl)ccc3c2CCCCN)cc1. The van der Waals surface area contributed by atoms with Crippen molar-refractivity contribution in [3.8, 4) is 17.0 Å². The average Bonchev–Trinajstić information content (AvgIpc) is 3.05. The van der Waals surface area contributed by atoms with Crippen molar-refractivity contribution in [1.82, 2.24) is 4.98 Å². The Morgan fingerprint density at radius 2 is 1.81 bits per heavy atom. The highest BCUT2D eigenvalue weighted by atomic mass is 35.5. The van der Waals surface area contributed by atoms with Crippen LogP contribution in [0.2, 0.25) is 5.02 Å². The first-order valence-corrected chi connectivity index (χ1v) is 10.3. The third-order valence-corrected chi connectivity index (χ3v) is 5.48. The molecule has 0 atom stereocenters. The number of hydrogen-bond acceptors (Lipinski definition) is 2. The van der Waals surface area contributed by atoms with E-state index in [-0.39, 0.29) is 0 Å². The summed E-state index contributed by atoms with van der Waals surface area (Å²) in [5, 5.41) is 2.05. The molecule has 0 saturated carbocycles. The van der Waals surface area contributed by atoms with E-state index in [0.29, 0.717) is 0 Å². The number of nitrogens with two attached hydrogens (primary N) is 1. The van der Waals surface area contributed by atoms with Gasteiger partial charge in [-0.2, -0.15) is 0 Å². The molecular formula is C23H29ClN2O. The third kappa shape index (κ3) is 4.48. The van der Waals surface area contributed by atoms with Crippen molar-refractivity contribution >= 4 is 22.5 Å². The van der Waals surface area contributed by atoms with Crippen molar-refractivity contribution in [3.05, 3.63) is 52.5 Å². The van der Waals surface area contributed by atoms with Crippen LogP contribution in [0.25, 0.3) is 22.2 Å². The van der Waals surface area contributed by atoms with Gasteiger partial charge in [-0.05, 0) is 86.2 Å². The largest absolute Gasteiger partial charge is 0.494 e. The molecule has 0 aliphatic carbocycles. The maximum Gasteiger partial charge on any atom is 0.119 e. The molecule has 4 heteroatoms. The second-order valence-electron chi connectivity index (χ2n) is 7.05. The van der Waals surface area contributed by atoms with E-state index in [1.54, 1.807) is 0 Å². The van der Waals surface area contributed by atoms with Crippen LogP contribution in [0.3, 0.4) is 0 Å². The highest BCUT2D eigenvalue weighted by molar-refractivity contribution is 6.32. The molecule has 0 radical (unpaired) electrons. The van der Waals surface area contributed by atoms with Crippen molar-refractivity contribution in [2.24, 2.45) is 5.73 Å². The summed E-state index contributed by atoms with van der Waals surface area (Å²) in [6, 6.07) is 12.5. The van der Waals surface area contributed by atoms with Gasteiger partial charge in [-0.3, -0.25) is 0 Å². The lowest BCUT2D eigenvalue weighted by molar-refractivity contribution is 0.309. The number of aryl methyl sites for hydroxylation is 2. The molecule has 0 spiro atoms. The molecule has 27 heavy (non-hydrogen) atoms. The summed E-state index contributed by atoms with van der Waals surface area (Å²) in [6.07, 6.45) is 5.33. The minimum atomic E-state index is 0.729. The van der Waals surface area contributed by atoms with Gasteiger partial charge in [-0.15, -0.1) is 0 Å². The molecule has 1 aromatic heterocycles. The van der Waals surface area contributed by atoms with Gasteiger partial charge in [0.2, 0.25) is 0 Å². The quantitative estimate of drug-likeness (QED) is 0.428. The van der Waals surface area contributed by atoms with E-state index in [4.69, 9.17) is 22.1 Å². The van der Waals surface area contributed by atoms with Crippen LogP contribution in [0.4, 0.5) is 0 Å². The van der Waals surface area contributed by atoms with Gasteiger partial charge < -0.3 is 15.5 Å². The van der Waals surface area contributed by atoms with Gasteiger partial charge in [0.25, 0.3) is 0 Å². The Kier molecular flexibility index (Phi) is 6.81. The van der Waals surface area contributed by atoms with Crippen LogP contribution >= 0.6 is 11.6 Å². The highest BCUT2D eigenvalue weighted by Crippen LogP contribution is 2.35. The lowest BCUT2D eigenvalue weighted by Gasteiger charge is -2.08. The Labute approximate surface area is 166 Å². The Hall–Kier alpha value is -1.97. The van der Waals surface area contributed by atoms with E-state index in [9.17, 15) is 0 Å². The van der Waals surface area contributed by atoms with Crippen LogP contribution in [0, 0.1) is 6.92 Å². The number of hydrogen-bond donors (Lipinski definition) is 2. The fraction of sp³-hybridized carbons (Fsp3) is 0.391. The van der Waals surface area contributed by atoms with Gasteiger partial charge in [0.15, 0.2) is 0 Å². The molecule has 144 valence electrons. The minimum Gasteiger partial charge on any atom is -0.494 e. The Bertz CT molecular complexity index is 884. The summed E-state index contributed by atoms with van der Waals surface area (Å²) in [5.74, 6) is 0.923. The maximum absolute atomic E-state index is 6.35. The monoisotopic (exact) mass is 384 g/mol. The fourth-order valence-electron chi connectivity index (χ4n) is 3.44. The maximum atomic E-state index is 6.35. The number of ether oxygens (including phenoxy) is 1. The summed E-state index contributed by atoms with van der Waals surface area (Å²) < 4.78 is 5.80. The average molecular weight is 385 g/mol. The number of halogens is 1. The number of unbranched alkanes of at least 4 members (excludes halogenated alkanes) is 2. The first-order chi connectivity index (χ1) is 13.2. The molecule has 3 nitrogen and oxygen atoms in total. The number of H-pyrrole nitrogens is 1. The standard InChI is InChI=1S/C23H29ClN2O/c1-3-4-15-27-18-10-8-17(9-11-18)23-19(7-5-6-14-25)20-12-13-21(24)16(2)22(20)26-23/h8-13,26H,3-7,14-15,25H2,1-2H3. The van der Waals surface area contributed by atoms with Crippen molar-refractivity contribution in [3.63, 3.8) is 0 Å². The number of nitrogens with one attached hydrogen (secondary N) is 1. The first kappa shape index (κ1) is 19.8. The third-order valence-electron chi connectivity index (χ3n) is 5.07. The van der Waals surface area contributed by atoms with Gasteiger partial charge >= 0.3 is 0 Å². The Balaban J connectivity index is 1.96. The molecule has 0 unspecified atom stereocenters. The molecule has 0 amide bonds. The lowest BCUT2D eigenvalue weighted by Crippen LogP contribution is -1.99. The molecule has 0 aliphatic rings. The van der Waals surface area contributed by atoms with E-state index in [0.717, 1.165) is 67.1 Å². The van der Waals surface area contributed by atoms with Gasteiger partial charge in [-0.25, -0.2) is 0 Å². The molecule has 0 saturated heterocycles. The van der Waals surface area contributed by atoms with Crippen LogP contribution in [0.15, 0.2) is 36.4 Å². The topological polar surface area (TPSA) is 51.0 Å². The van der Waals surface area contributed by atoms with E-state index in [1.807, 2.05) is 6.07 Å². The molecule has 0 fully saturated rings. The van der Waals surface area contributed by atoms with E-state index >= 15 is 0 Å². The number of aromatic nitrogens is 1. The fourth-order valence-corrected chi connectivity index (χ4v) is 3.60. The van der Waals surface area contributed by atoms with Crippen LogP contribution in [-0.4, -0.2) is 18.1 Å². The van der Waals surface area contributed by atoms with E-state index in [1.165, 1.54) is 22.2 Å². The van der Waals surface area contributed by atoms with Crippen molar-refractivity contribution in [2.45, 2.75) is 46.0 Å². The second-order valence-corrected chi connectivity index (χ2v) is 7.45. The second kappa shape index (κ2) is 9.29. The zero-order chi connectivity index (χ0) is 19.2. The highest BCUT2D eigenvalue weighted by Gasteiger charge is 2.15. The molecule has 2 aromatic carbocycles.